The largest absolute Gasteiger partial charge is 0.462 e. The van der Waals surface area contributed by atoms with Crippen LogP contribution < -0.4 is 5.32 Å². The molecular weight excluding hydrogens is 300 g/mol. The van der Waals surface area contributed by atoms with Crippen LogP contribution in [0.5, 0.6) is 0 Å². The van der Waals surface area contributed by atoms with Crippen LogP contribution in [0, 0.1) is 0 Å². The van der Waals surface area contributed by atoms with Crippen molar-refractivity contribution in [1.29, 1.82) is 0 Å². The summed E-state index contributed by atoms with van der Waals surface area (Å²) < 4.78 is 5.10. The Morgan fingerprint density at radius 3 is 2.58 bits per heavy atom. The van der Waals surface area contributed by atoms with Crippen molar-refractivity contribution in [3.8, 4) is 0 Å². The molecule has 0 aromatic heterocycles. The Kier molecular flexibility index (Phi) is 5.90. The van der Waals surface area contributed by atoms with Crippen molar-refractivity contribution >= 4 is 17.4 Å². The molecule has 1 aliphatic carbocycles. The minimum absolute atomic E-state index is 0.348. The van der Waals surface area contributed by atoms with Gasteiger partial charge in [-0.15, -0.1) is 0 Å². The molecule has 0 bridgehead atoms. The summed E-state index contributed by atoms with van der Waals surface area (Å²) in [5, 5.41) is 3.34. The maximum Gasteiger partial charge on any atom is 0.333 e. The van der Waals surface area contributed by atoms with Gasteiger partial charge in [-0.1, -0.05) is 31.4 Å². The lowest BCUT2D eigenvalue weighted by atomic mass is 10.1. The molecule has 0 saturated heterocycles. The van der Waals surface area contributed by atoms with E-state index in [9.17, 15) is 4.79 Å². The number of esters is 1. The summed E-state index contributed by atoms with van der Waals surface area (Å²) in [6.45, 7) is 9.49. The molecule has 0 fully saturated rings. The highest BCUT2D eigenvalue weighted by atomic mass is 16.5. The van der Waals surface area contributed by atoms with Crippen molar-refractivity contribution in [2.75, 3.05) is 19.0 Å². The molecule has 0 unspecified atom stereocenters. The number of rotatable bonds is 6. The molecule has 4 nitrogen and oxygen atoms in total. The van der Waals surface area contributed by atoms with Gasteiger partial charge < -0.3 is 10.1 Å². The molecule has 24 heavy (non-hydrogen) atoms. The lowest BCUT2D eigenvalue weighted by molar-refractivity contribution is -0.138. The Morgan fingerprint density at radius 1 is 1.25 bits per heavy atom. The zero-order valence-corrected chi connectivity index (χ0v) is 14.1. The first-order chi connectivity index (χ1) is 11.5. The van der Waals surface area contributed by atoms with Crippen molar-refractivity contribution in [3.05, 3.63) is 78.1 Å². The fourth-order valence-electron chi connectivity index (χ4n) is 2.16. The molecule has 0 atom stereocenters. The van der Waals surface area contributed by atoms with E-state index in [1.165, 1.54) is 0 Å². The lowest BCUT2D eigenvalue weighted by Gasteiger charge is -2.13. The second-order valence-electron chi connectivity index (χ2n) is 5.56. The third kappa shape index (κ3) is 4.81. The summed E-state index contributed by atoms with van der Waals surface area (Å²) in [7, 11) is 1.75. The van der Waals surface area contributed by atoms with E-state index in [0.717, 1.165) is 28.2 Å². The van der Waals surface area contributed by atoms with Crippen molar-refractivity contribution in [3.63, 3.8) is 0 Å². The minimum Gasteiger partial charge on any atom is -0.462 e. The van der Waals surface area contributed by atoms with E-state index >= 15 is 0 Å². The van der Waals surface area contributed by atoms with Crippen LogP contribution in [0.1, 0.15) is 12.5 Å². The SMILES string of the molecule is C=C(C)C(=O)OCCc1ccc(NC2=CC(=NC)C(=C)C=C2)cc1. The van der Waals surface area contributed by atoms with Crippen LogP contribution >= 0.6 is 0 Å². The molecule has 0 amide bonds. The molecule has 2 rings (SSSR count). The first-order valence-electron chi connectivity index (χ1n) is 7.74. The number of anilines is 1. The Morgan fingerprint density at radius 2 is 1.96 bits per heavy atom. The highest BCUT2D eigenvalue weighted by Gasteiger charge is 2.07. The third-order valence-electron chi connectivity index (χ3n) is 3.54. The highest BCUT2D eigenvalue weighted by molar-refractivity contribution is 6.11. The molecule has 4 heteroatoms. The number of nitrogens with one attached hydrogen (secondary N) is 1. The Balaban J connectivity index is 1.91. The second-order valence-corrected chi connectivity index (χ2v) is 5.56. The van der Waals surface area contributed by atoms with Gasteiger partial charge in [0, 0.05) is 30.4 Å². The van der Waals surface area contributed by atoms with E-state index < -0.39 is 0 Å². The highest BCUT2D eigenvalue weighted by Crippen LogP contribution is 2.17. The average Bonchev–Trinajstić information content (AvgIpc) is 2.58. The fraction of sp³-hybridized carbons (Fsp3) is 0.200. The van der Waals surface area contributed by atoms with Gasteiger partial charge in [0.2, 0.25) is 0 Å². The van der Waals surface area contributed by atoms with E-state index in [-0.39, 0.29) is 5.97 Å². The van der Waals surface area contributed by atoms with Gasteiger partial charge in [0.1, 0.15) is 0 Å². The molecule has 1 N–H and O–H groups in total. The number of carbonyl (C=O) groups excluding carboxylic acids is 1. The summed E-state index contributed by atoms with van der Waals surface area (Å²) in [5.74, 6) is -0.348. The van der Waals surface area contributed by atoms with Gasteiger partial charge in [0.05, 0.1) is 12.3 Å². The number of hydrogen-bond acceptors (Lipinski definition) is 4. The standard InChI is InChI=1S/C20H22N2O2/c1-14(2)20(23)24-12-11-16-6-9-17(10-7-16)22-18-8-5-15(3)19(13-18)21-4/h5-10,13,22H,1,3,11-12H2,2,4H3. The number of benzene rings is 1. The summed E-state index contributed by atoms with van der Waals surface area (Å²) >= 11 is 0. The number of hydrogen-bond donors (Lipinski definition) is 1. The fourth-order valence-corrected chi connectivity index (χ4v) is 2.16. The Bertz CT molecular complexity index is 737. The van der Waals surface area contributed by atoms with Gasteiger partial charge in [0.15, 0.2) is 0 Å². The van der Waals surface area contributed by atoms with E-state index in [0.29, 0.717) is 18.6 Å². The minimum atomic E-state index is -0.348. The second kappa shape index (κ2) is 8.11. The Labute approximate surface area is 142 Å². The average molecular weight is 322 g/mol. The topological polar surface area (TPSA) is 50.7 Å². The van der Waals surface area contributed by atoms with Gasteiger partial charge in [-0.3, -0.25) is 4.99 Å². The number of ether oxygens (including phenoxy) is 1. The zero-order valence-electron chi connectivity index (χ0n) is 14.1. The van der Waals surface area contributed by atoms with Crippen LogP contribution in [0.3, 0.4) is 0 Å². The van der Waals surface area contributed by atoms with E-state index in [1.807, 2.05) is 42.5 Å². The van der Waals surface area contributed by atoms with Crippen LogP contribution in [-0.4, -0.2) is 25.3 Å². The first kappa shape index (κ1) is 17.5. The molecule has 124 valence electrons. The van der Waals surface area contributed by atoms with Crippen molar-refractivity contribution in [2.24, 2.45) is 4.99 Å². The summed E-state index contributed by atoms with van der Waals surface area (Å²) in [5.41, 5.74) is 5.25. The molecule has 1 aromatic carbocycles. The normalized spacial score (nSPS) is 15.2. The smallest absolute Gasteiger partial charge is 0.333 e. The maximum atomic E-state index is 11.3. The number of carbonyl (C=O) groups is 1. The van der Waals surface area contributed by atoms with Crippen molar-refractivity contribution in [1.82, 2.24) is 0 Å². The quantitative estimate of drug-likeness (QED) is 0.639. The van der Waals surface area contributed by atoms with Crippen LogP contribution in [0.25, 0.3) is 0 Å². The summed E-state index contributed by atoms with van der Waals surface area (Å²) in [4.78, 5) is 15.5. The molecule has 0 aliphatic heterocycles. The summed E-state index contributed by atoms with van der Waals surface area (Å²) in [6, 6.07) is 8.02. The van der Waals surface area contributed by atoms with Crippen molar-refractivity contribution < 1.29 is 9.53 Å². The zero-order chi connectivity index (χ0) is 17.5. The number of nitrogens with zero attached hydrogens (tertiary/aromatic N) is 1. The van der Waals surface area contributed by atoms with Gasteiger partial charge in [0.25, 0.3) is 0 Å². The number of allylic oxidation sites excluding steroid dienone is 4. The molecule has 0 spiro atoms. The molecule has 0 saturated carbocycles. The summed E-state index contributed by atoms with van der Waals surface area (Å²) in [6.07, 6.45) is 6.55. The molecule has 0 radical (unpaired) electrons. The van der Waals surface area contributed by atoms with Gasteiger partial charge in [-0.05, 0) is 42.3 Å². The predicted octanol–water partition coefficient (Wildman–Crippen LogP) is 3.84. The molecule has 1 aromatic rings. The molecule has 1 aliphatic rings. The Hall–Kier alpha value is -2.88. The van der Waals surface area contributed by atoms with Crippen LogP contribution in [0.15, 0.2) is 77.5 Å². The van der Waals surface area contributed by atoms with Crippen LogP contribution in [-0.2, 0) is 16.0 Å². The van der Waals surface area contributed by atoms with Gasteiger partial charge in [-0.2, -0.15) is 0 Å². The van der Waals surface area contributed by atoms with E-state index in [2.05, 4.69) is 23.5 Å². The van der Waals surface area contributed by atoms with Crippen LogP contribution in [0.4, 0.5) is 5.69 Å². The first-order valence-corrected chi connectivity index (χ1v) is 7.74. The van der Waals surface area contributed by atoms with Gasteiger partial charge in [-0.25, -0.2) is 4.79 Å². The third-order valence-corrected chi connectivity index (χ3v) is 3.54. The predicted molar refractivity (Wildman–Crippen MR) is 99.3 cm³/mol. The van der Waals surface area contributed by atoms with E-state index in [1.54, 1.807) is 14.0 Å². The molecule has 0 heterocycles. The van der Waals surface area contributed by atoms with Crippen LogP contribution in [0.2, 0.25) is 0 Å². The maximum absolute atomic E-state index is 11.3. The monoisotopic (exact) mass is 322 g/mol. The lowest BCUT2D eigenvalue weighted by Crippen LogP contribution is -2.08. The number of aliphatic imine (C=N–C) groups is 1. The van der Waals surface area contributed by atoms with Crippen molar-refractivity contribution in [2.45, 2.75) is 13.3 Å². The van der Waals surface area contributed by atoms with Gasteiger partial charge >= 0.3 is 5.97 Å². The van der Waals surface area contributed by atoms with E-state index in [4.69, 9.17) is 4.74 Å². The molecular formula is C20H22N2O2.